The Hall–Kier alpha value is -0.650. The minimum atomic E-state index is 0.0814. The number of amides is 1. The first-order valence-corrected chi connectivity index (χ1v) is 6.97. The lowest BCUT2D eigenvalue weighted by molar-refractivity contribution is -0.122. The van der Waals surface area contributed by atoms with Gasteiger partial charge in [0.2, 0.25) is 5.91 Å². The Morgan fingerprint density at radius 2 is 2.22 bits per heavy atom. The summed E-state index contributed by atoms with van der Waals surface area (Å²) < 4.78 is 0. The molecule has 0 aromatic carbocycles. The molecule has 3 N–H and O–H groups in total. The van der Waals surface area contributed by atoms with Crippen LogP contribution in [0.1, 0.15) is 26.2 Å². The van der Waals surface area contributed by atoms with Crippen molar-refractivity contribution in [2.24, 2.45) is 5.73 Å². The van der Waals surface area contributed by atoms with Crippen LogP contribution in [0.5, 0.6) is 0 Å². The van der Waals surface area contributed by atoms with Crippen LogP contribution < -0.4 is 11.1 Å². The standard InChI is InChI=1S/C13H28N4O/c1-4-11-10-16(3)6-5-7-17(11)12(9-14)8-13(18)15-2/h11-12H,4-10,14H2,1-3H3,(H,15,18). The third-order valence-corrected chi connectivity index (χ3v) is 3.86. The van der Waals surface area contributed by atoms with Crippen molar-refractivity contribution in [1.82, 2.24) is 15.1 Å². The van der Waals surface area contributed by atoms with E-state index in [9.17, 15) is 4.79 Å². The Kier molecular flexibility index (Phi) is 6.60. The molecule has 1 rings (SSSR count). The van der Waals surface area contributed by atoms with Gasteiger partial charge >= 0.3 is 0 Å². The summed E-state index contributed by atoms with van der Waals surface area (Å²) in [4.78, 5) is 16.4. The first-order valence-electron chi connectivity index (χ1n) is 6.97. The van der Waals surface area contributed by atoms with Gasteiger partial charge in [0.25, 0.3) is 0 Å². The van der Waals surface area contributed by atoms with Gasteiger partial charge in [-0.15, -0.1) is 0 Å². The second-order valence-corrected chi connectivity index (χ2v) is 5.18. The topological polar surface area (TPSA) is 61.6 Å². The first-order chi connectivity index (χ1) is 8.62. The Bertz CT molecular complexity index is 259. The number of likely N-dealkylation sites (N-methyl/N-ethyl adjacent to an activating group) is 1. The molecule has 2 unspecified atom stereocenters. The van der Waals surface area contributed by atoms with Gasteiger partial charge in [-0.2, -0.15) is 0 Å². The van der Waals surface area contributed by atoms with E-state index in [2.05, 4.69) is 29.1 Å². The van der Waals surface area contributed by atoms with E-state index in [0.717, 1.165) is 32.5 Å². The molecule has 1 aliphatic rings. The molecule has 0 aliphatic carbocycles. The van der Waals surface area contributed by atoms with Crippen molar-refractivity contribution in [3.8, 4) is 0 Å². The summed E-state index contributed by atoms with van der Waals surface area (Å²) in [6.07, 6.45) is 2.76. The highest BCUT2D eigenvalue weighted by Crippen LogP contribution is 2.16. The second kappa shape index (κ2) is 7.71. The van der Waals surface area contributed by atoms with Crippen LogP contribution in [0.15, 0.2) is 0 Å². The van der Waals surface area contributed by atoms with E-state index in [1.165, 1.54) is 0 Å². The molecule has 1 aliphatic heterocycles. The van der Waals surface area contributed by atoms with Crippen LogP contribution in [-0.4, -0.2) is 68.1 Å². The van der Waals surface area contributed by atoms with Crippen LogP contribution in [-0.2, 0) is 4.79 Å². The molecule has 1 fully saturated rings. The van der Waals surface area contributed by atoms with E-state index in [-0.39, 0.29) is 11.9 Å². The predicted molar refractivity (Wildman–Crippen MR) is 74.4 cm³/mol. The van der Waals surface area contributed by atoms with Gasteiger partial charge in [-0.3, -0.25) is 9.69 Å². The molecule has 1 amide bonds. The number of hydrogen-bond donors (Lipinski definition) is 2. The van der Waals surface area contributed by atoms with Gasteiger partial charge in [0.15, 0.2) is 0 Å². The molecule has 0 aromatic heterocycles. The zero-order chi connectivity index (χ0) is 13.5. The molecule has 1 heterocycles. The number of nitrogens with two attached hydrogens (primary N) is 1. The van der Waals surface area contributed by atoms with Crippen LogP contribution >= 0.6 is 0 Å². The van der Waals surface area contributed by atoms with Gasteiger partial charge < -0.3 is 16.0 Å². The maximum absolute atomic E-state index is 11.6. The van der Waals surface area contributed by atoms with Gasteiger partial charge in [-0.05, 0) is 26.4 Å². The molecular weight excluding hydrogens is 228 g/mol. The molecule has 18 heavy (non-hydrogen) atoms. The summed E-state index contributed by atoms with van der Waals surface area (Å²) in [5.41, 5.74) is 5.87. The van der Waals surface area contributed by atoms with Crippen molar-refractivity contribution >= 4 is 5.91 Å². The number of carbonyl (C=O) groups excluding carboxylic acids is 1. The lowest BCUT2D eigenvalue weighted by Gasteiger charge is -2.36. The fraction of sp³-hybridized carbons (Fsp3) is 0.923. The molecule has 0 saturated carbocycles. The van der Waals surface area contributed by atoms with Crippen LogP contribution in [0, 0.1) is 0 Å². The van der Waals surface area contributed by atoms with E-state index in [4.69, 9.17) is 5.73 Å². The summed E-state index contributed by atoms with van der Waals surface area (Å²) >= 11 is 0. The smallest absolute Gasteiger partial charge is 0.221 e. The van der Waals surface area contributed by atoms with Crippen LogP contribution in [0.25, 0.3) is 0 Å². The number of carbonyl (C=O) groups is 1. The van der Waals surface area contributed by atoms with Gasteiger partial charge in [0.05, 0.1) is 0 Å². The highest BCUT2D eigenvalue weighted by molar-refractivity contribution is 5.76. The highest BCUT2D eigenvalue weighted by atomic mass is 16.1. The van der Waals surface area contributed by atoms with E-state index < -0.39 is 0 Å². The molecule has 2 atom stereocenters. The highest BCUT2D eigenvalue weighted by Gasteiger charge is 2.28. The molecule has 1 saturated heterocycles. The van der Waals surface area contributed by atoms with Crippen molar-refractivity contribution < 1.29 is 4.79 Å². The van der Waals surface area contributed by atoms with Crippen molar-refractivity contribution in [3.05, 3.63) is 0 Å². The SMILES string of the molecule is CCC1CN(C)CCCN1C(CN)CC(=O)NC. The van der Waals surface area contributed by atoms with E-state index in [1.54, 1.807) is 7.05 Å². The number of hydrogen-bond acceptors (Lipinski definition) is 4. The van der Waals surface area contributed by atoms with Crippen molar-refractivity contribution in [3.63, 3.8) is 0 Å². The Balaban J connectivity index is 2.70. The molecular formula is C13H28N4O. The molecule has 0 aromatic rings. The minimum Gasteiger partial charge on any atom is -0.359 e. The fourth-order valence-corrected chi connectivity index (χ4v) is 2.76. The quantitative estimate of drug-likeness (QED) is 0.719. The second-order valence-electron chi connectivity index (χ2n) is 5.18. The molecule has 0 spiro atoms. The third kappa shape index (κ3) is 4.23. The predicted octanol–water partition coefficient (Wildman–Crippen LogP) is -0.134. The van der Waals surface area contributed by atoms with Crippen molar-refractivity contribution in [2.45, 2.75) is 38.3 Å². The van der Waals surface area contributed by atoms with E-state index >= 15 is 0 Å². The van der Waals surface area contributed by atoms with Gasteiger partial charge in [-0.1, -0.05) is 6.92 Å². The molecule has 0 radical (unpaired) electrons. The van der Waals surface area contributed by atoms with Crippen LogP contribution in [0.3, 0.4) is 0 Å². The third-order valence-electron chi connectivity index (χ3n) is 3.86. The molecule has 106 valence electrons. The molecule has 5 heteroatoms. The summed E-state index contributed by atoms with van der Waals surface area (Å²) in [5.74, 6) is 0.0814. The monoisotopic (exact) mass is 256 g/mol. The minimum absolute atomic E-state index is 0.0814. The summed E-state index contributed by atoms with van der Waals surface area (Å²) in [6.45, 7) is 6.00. The van der Waals surface area contributed by atoms with Gasteiger partial charge in [0.1, 0.15) is 0 Å². The summed E-state index contributed by atoms with van der Waals surface area (Å²) in [7, 11) is 3.85. The van der Waals surface area contributed by atoms with Gasteiger partial charge in [-0.25, -0.2) is 0 Å². The Morgan fingerprint density at radius 3 is 2.78 bits per heavy atom. The first kappa shape index (κ1) is 15.4. The van der Waals surface area contributed by atoms with Gasteiger partial charge in [0, 0.05) is 45.2 Å². The summed E-state index contributed by atoms with van der Waals surface area (Å²) in [5, 5.41) is 2.69. The lowest BCUT2D eigenvalue weighted by Crippen LogP contribution is -2.50. The average molecular weight is 256 g/mol. The summed E-state index contributed by atoms with van der Waals surface area (Å²) in [6, 6.07) is 0.678. The lowest BCUT2D eigenvalue weighted by atomic mass is 10.1. The zero-order valence-electron chi connectivity index (χ0n) is 12.0. The van der Waals surface area contributed by atoms with Crippen molar-refractivity contribution in [2.75, 3.05) is 40.3 Å². The number of rotatable bonds is 5. The maximum Gasteiger partial charge on any atom is 0.221 e. The van der Waals surface area contributed by atoms with Crippen molar-refractivity contribution in [1.29, 1.82) is 0 Å². The van der Waals surface area contributed by atoms with Crippen LogP contribution in [0.4, 0.5) is 0 Å². The Labute approximate surface area is 111 Å². The van der Waals surface area contributed by atoms with E-state index in [1.807, 2.05) is 0 Å². The largest absolute Gasteiger partial charge is 0.359 e. The fourth-order valence-electron chi connectivity index (χ4n) is 2.76. The zero-order valence-corrected chi connectivity index (χ0v) is 12.0. The van der Waals surface area contributed by atoms with Crippen LogP contribution in [0.2, 0.25) is 0 Å². The normalized spacial score (nSPS) is 24.6. The number of nitrogens with one attached hydrogen (secondary N) is 1. The Morgan fingerprint density at radius 1 is 1.50 bits per heavy atom. The average Bonchev–Trinajstić information content (AvgIpc) is 2.57. The molecule has 0 bridgehead atoms. The maximum atomic E-state index is 11.6. The molecule has 5 nitrogen and oxygen atoms in total. The van der Waals surface area contributed by atoms with E-state index in [0.29, 0.717) is 19.0 Å². The number of nitrogens with zero attached hydrogens (tertiary/aromatic N) is 2.